The van der Waals surface area contributed by atoms with Crippen molar-refractivity contribution in [2.75, 3.05) is 0 Å². The van der Waals surface area contributed by atoms with Crippen LogP contribution in [0.3, 0.4) is 0 Å². The van der Waals surface area contributed by atoms with E-state index in [2.05, 4.69) is 6.92 Å². The maximum Gasteiger partial charge on any atom is 0.187 e. The van der Waals surface area contributed by atoms with Crippen LogP contribution in [-0.2, 0) is 21.4 Å². The van der Waals surface area contributed by atoms with Crippen LogP contribution in [0.1, 0.15) is 77.5 Å². The molecule has 7 unspecified atom stereocenters. The molecule has 36 heavy (non-hydrogen) atoms. The Labute approximate surface area is 212 Å². The molecule has 3 aliphatic rings. The van der Waals surface area contributed by atoms with Gasteiger partial charge in [0.2, 0.25) is 0 Å². The van der Waals surface area contributed by atoms with Crippen LogP contribution in [0, 0.1) is 29.6 Å². The van der Waals surface area contributed by atoms with Crippen molar-refractivity contribution in [3.63, 3.8) is 0 Å². The number of carbonyl (C=O) groups is 2. The Morgan fingerprint density at radius 1 is 1.11 bits per heavy atom. The molecule has 0 amide bonds. The van der Waals surface area contributed by atoms with Crippen molar-refractivity contribution in [3.05, 3.63) is 34.9 Å². The predicted molar refractivity (Wildman–Crippen MR) is 135 cm³/mol. The fourth-order valence-corrected chi connectivity index (χ4v) is 8.21. The summed E-state index contributed by atoms with van der Waals surface area (Å²) >= 11 is 0. The first-order valence-electron chi connectivity index (χ1n) is 12.8. The first kappa shape index (κ1) is 26.8. The number of Topliss-reactive ketones (excluding diaryl/α,β-unsaturated/α-hetero) is 1. The standard InChI is InChI=1S/C29H40O7/c1-15-16-8-9-20-26(4)13-19(31)24(29(7,36)21(32)10-11-25(2,3)35)27(26,5)14-22(33)28(20,6)17(16)12-18(30)23(15)34/h10-12,19-20,24,30-31,34-36H,8-9,13-14H2,1-7H3. The number of benzene rings is 1. The van der Waals surface area contributed by atoms with Gasteiger partial charge in [-0.05, 0) is 99.5 Å². The number of carbonyl (C=O) groups excluding carboxylic acids is 2. The number of fused-ring (bicyclic) bond motifs is 5. The molecule has 0 spiro atoms. The summed E-state index contributed by atoms with van der Waals surface area (Å²) in [5.41, 5.74) is -3.43. The lowest BCUT2D eigenvalue weighted by Crippen LogP contribution is -2.63. The van der Waals surface area contributed by atoms with Gasteiger partial charge in [-0.2, -0.15) is 0 Å². The molecule has 1 aromatic rings. The number of phenolic OH excluding ortho intramolecular Hbond substituents is 2. The quantitative estimate of drug-likeness (QED) is 0.316. The number of rotatable bonds is 4. The molecule has 7 nitrogen and oxygen atoms in total. The highest BCUT2D eigenvalue weighted by Gasteiger charge is 2.73. The molecule has 0 heterocycles. The van der Waals surface area contributed by atoms with Gasteiger partial charge in [0.15, 0.2) is 17.3 Å². The second kappa shape index (κ2) is 7.89. The summed E-state index contributed by atoms with van der Waals surface area (Å²) in [4.78, 5) is 27.2. The van der Waals surface area contributed by atoms with Crippen molar-refractivity contribution in [2.24, 2.45) is 22.7 Å². The van der Waals surface area contributed by atoms with Crippen molar-refractivity contribution in [1.82, 2.24) is 0 Å². The van der Waals surface area contributed by atoms with E-state index >= 15 is 0 Å². The Kier molecular flexibility index (Phi) is 5.88. The predicted octanol–water partition coefficient (Wildman–Crippen LogP) is 3.24. The molecule has 7 heteroatoms. The lowest BCUT2D eigenvalue weighted by atomic mass is 9.41. The fraction of sp³-hybridized carbons (Fsp3) is 0.655. The van der Waals surface area contributed by atoms with E-state index in [1.54, 1.807) is 6.92 Å². The van der Waals surface area contributed by atoms with Crippen LogP contribution in [0.25, 0.3) is 0 Å². The van der Waals surface area contributed by atoms with Gasteiger partial charge < -0.3 is 25.5 Å². The number of ketones is 2. The van der Waals surface area contributed by atoms with Gasteiger partial charge in [0.05, 0.1) is 17.1 Å². The Bertz CT molecular complexity index is 1160. The molecule has 2 saturated carbocycles. The topological polar surface area (TPSA) is 135 Å². The van der Waals surface area contributed by atoms with Crippen molar-refractivity contribution >= 4 is 11.6 Å². The third-order valence-electron chi connectivity index (χ3n) is 10.2. The zero-order valence-corrected chi connectivity index (χ0v) is 22.3. The second-order valence-electron chi connectivity index (χ2n) is 12.9. The third-order valence-corrected chi connectivity index (χ3v) is 10.2. The first-order chi connectivity index (χ1) is 16.3. The molecule has 0 aromatic heterocycles. The third kappa shape index (κ3) is 3.42. The maximum absolute atomic E-state index is 14.1. The average molecular weight is 501 g/mol. The molecular formula is C29H40O7. The summed E-state index contributed by atoms with van der Waals surface area (Å²) in [5.74, 6) is -2.20. The van der Waals surface area contributed by atoms with E-state index in [0.29, 0.717) is 30.4 Å². The molecule has 198 valence electrons. The van der Waals surface area contributed by atoms with Crippen LogP contribution >= 0.6 is 0 Å². The summed E-state index contributed by atoms with van der Waals surface area (Å²) in [5, 5.41) is 53.7. The molecule has 0 aliphatic heterocycles. The van der Waals surface area contributed by atoms with Gasteiger partial charge in [0.1, 0.15) is 11.4 Å². The number of aliphatic hydroxyl groups excluding tert-OH is 1. The summed E-state index contributed by atoms with van der Waals surface area (Å²) in [7, 11) is 0. The smallest absolute Gasteiger partial charge is 0.187 e. The average Bonchev–Trinajstić information content (AvgIpc) is 2.95. The van der Waals surface area contributed by atoms with E-state index in [-0.39, 0.29) is 29.6 Å². The second-order valence-corrected chi connectivity index (χ2v) is 12.9. The Hall–Kier alpha value is -2.22. The lowest BCUT2D eigenvalue weighted by Gasteiger charge is -2.61. The van der Waals surface area contributed by atoms with Crippen molar-refractivity contribution < 1.29 is 35.1 Å². The highest BCUT2D eigenvalue weighted by Crippen LogP contribution is 2.72. The van der Waals surface area contributed by atoms with Gasteiger partial charge in [-0.25, -0.2) is 0 Å². The van der Waals surface area contributed by atoms with Crippen molar-refractivity contribution in [3.8, 4) is 11.5 Å². The zero-order valence-electron chi connectivity index (χ0n) is 22.3. The molecule has 2 fully saturated rings. The van der Waals surface area contributed by atoms with Gasteiger partial charge in [-0.3, -0.25) is 9.59 Å². The number of phenols is 2. The number of aliphatic hydroxyl groups is 3. The van der Waals surface area contributed by atoms with Gasteiger partial charge >= 0.3 is 0 Å². The fourth-order valence-electron chi connectivity index (χ4n) is 8.21. The van der Waals surface area contributed by atoms with Gasteiger partial charge in [0.25, 0.3) is 0 Å². The number of hydrogen-bond acceptors (Lipinski definition) is 7. The van der Waals surface area contributed by atoms with Crippen molar-refractivity contribution in [1.29, 1.82) is 0 Å². The monoisotopic (exact) mass is 500 g/mol. The van der Waals surface area contributed by atoms with E-state index in [1.165, 1.54) is 32.9 Å². The highest BCUT2D eigenvalue weighted by atomic mass is 16.3. The molecule has 0 saturated heterocycles. The normalized spacial score (nSPS) is 37.8. The molecule has 3 aliphatic carbocycles. The van der Waals surface area contributed by atoms with Crippen LogP contribution in [0.15, 0.2) is 18.2 Å². The molecule has 0 radical (unpaired) electrons. The molecule has 1 aromatic carbocycles. The maximum atomic E-state index is 14.1. The Morgan fingerprint density at radius 3 is 2.31 bits per heavy atom. The lowest BCUT2D eigenvalue weighted by molar-refractivity contribution is -0.168. The molecule has 5 N–H and O–H groups in total. The summed E-state index contributed by atoms with van der Waals surface area (Å²) in [6.45, 7) is 12.0. The van der Waals surface area contributed by atoms with Crippen LogP contribution in [0.5, 0.6) is 11.5 Å². The van der Waals surface area contributed by atoms with Crippen LogP contribution in [0.2, 0.25) is 0 Å². The van der Waals surface area contributed by atoms with E-state index in [4.69, 9.17) is 0 Å². The zero-order chi connectivity index (χ0) is 27.2. The van der Waals surface area contributed by atoms with E-state index in [1.807, 2.05) is 13.8 Å². The van der Waals surface area contributed by atoms with E-state index < -0.39 is 45.3 Å². The van der Waals surface area contributed by atoms with Crippen LogP contribution < -0.4 is 0 Å². The van der Waals surface area contributed by atoms with Crippen molar-refractivity contribution in [2.45, 2.75) is 96.9 Å². The highest BCUT2D eigenvalue weighted by molar-refractivity contribution is 5.98. The minimum absolute atomic E-state index is 0.0526. The number of hydrogen-bond donors (Lipinski definition) is 5. The molecule has 7 atom stereocenters. The minimum Gasteiger partial charge on any atom is -0.504 e. The van der Waals surface area contributed by atoms with Crippen LogP contribution in [-0.4, -0.2) is 54.4 Å². The Balaban J connectivity index is 1.83. The summed E-state index contributed by atoms with van der Waals surface area (Å²) in [6.07, 6.45) is 3.09. The molecule has 4 rings (SSSR count). The van der Waals surface area contributed by atoms with Gasteiger partial charge in [0, 0.05) is 12.3 Å². The Morgan fingerprint density at radius 2 is 1.72 bits per heavy atom. The van der Waals surface area contributed by atoms with Gasteiger partial charge in [-0.15, -0.1) is 0 Å². The van der Waals surface area contributed by atoms with E-state index in [0.717, 1.165) is 11.6 Å². The summed E-state index contributed by atoms with van der Waals surface area (Å²) in [6, 6.07) is 1.51. The summed E-state index contributed by atoms with van der Waals surface area (Å²) < 4.78 is 0. The van der Waals surface area contributed by atoms with Gasteiger partial charge in [-0.1, -0.05) is 19.9 Å². The molecular weight excluding hydrogens is 460 g/mol. The SMILES string of the molecule is Cc1c(O)c(O)cc2c1CCC1C2(C)C(=O)CC2(C)C(C(C)(O)C(=O)C=CC(C)(C)O)C(O)CC12C. The van der Waals surface area contributed by atoms with E-state index in [9.17, 15) is 35.1 Å². The largest absolute Gasteiger partial charge is 0.504 e. The van der Waals surface area contributed by atoms with Crippen LogP contribution in [0.4, 0.5) is 0 Å². The minimum atomic E-state index is -1.95. The molecule has 0 bridgehead atoms. The first-order valence-corrected chi connectivity index (χ1v) is 12.8. The number of aromatic hydroxyl groups is 2.